The van der Waals surface area contributed by atoms with Crippen molar-refractivity contribution in [2.45, 2.75) is 33.6 Å². The first-order chi connectivity index (χ1) is 5.16. The van der Waals surface area contributed by atoms with Gasteiger partial charge in [0.25, 0.3) is 0 Å². The third-order valence-corrected chi connectivity index (χ3v) is 1.80. The Kier molecular flexibility index (Phi) is 6.63. The zero-order valence-electron chi connectivity index (χ0n) is 7.60. The Balaban J connectivity index is 3.56. The number of allylic oxidation sites excluding steroid dienone is 3. The first-order valence-corrected chi connectivity index (χ1v) is 5.02. The third kappa shape index (κ3) is 7.86. The summed E-state index contributed by atoms with van der Waals surface area (Å²) in [6.07, 6.45) is 6.83. The van der Waals surface area contributed by atoms with Crippen molar-refractivity contribution in [3.05, 3.63) is 22.7 Å². The Morgan fingerprint density at radius 3 is 2.55 bits per heavy atom. The fraction of sp³-hybridized carbons (Fsp3) is 0.600. The van der Waals surface area contributed by atoms with Crippen molar-refractivity contribution in [1.29, 1.82) is 0 Å². The Labute approximate surface area is 78.5 Å². The molecule has 0 bridgehead atoms. The van der Waals surface area contributed by atoms with Gasteiger partial charge in [-0.1, -0.05) is 47.5 Å². The van der Waals surface area contributed by atoms with E-state index in [0.29, 0.717) is 0 Å². The SMILES string of the molecule is CC(C=CBr)=CCCC(C)C. The average Bonchev–Trinajstić information content (AvgIpc) is 1.87. The predicted octanol–water partition coefficient (Wildman–Crippen LogP) is 4.28. The van der Waals surface area contributed by atoms with Gasteiger partial charge in [0.15, 0.2) is 0 Å². The Bertz CT molecular complexity index is 143. The molecule has 0 rings (SSSR count). The molecule has 0 radical (unpaired) electrons. The molecule has 0 unspecified atom stereocenters. The molecule has 0 aromatic heterocycles. The van der Waals surface area contributed by atoms with E-state index in [2.05, 4.69) is 48.9 Å². The molecule has 0 fully saturated rings. The van der Waals surface area contributed by atoms with Gasteiger partial charge in [-0.3, -0.25) is 0 Å². The summed E-state index contributed by atoms with van der Waals surface area (Å²) in [6.45, 7) is 6.63. The fourth-order valence-corrected chi connectivity index (χ4v) is 1.23. The van der Waals surface area contributed by atoms with Crippen molar-refractivity contribution in [2.24, 2.45) is 5.92 Å². The van der Waals surface area contributed by atoms with Gasteiger partial charge in [-0.25, -0.2) is 0 Å². The molecule has 0 heterocycles. The minimum Gasteiger partial charge on any atom is -0.0816 e. The molecule has 0 aliphatic rings. The third-order valence-electron chi connectivity index (χ3n) is 1.54. The summed E-state index contributed by atoms with van der Waals surface area (Å²) in [5, 5.41) is 0. The summed E-state index contributed by atoms with van der Waals surface area (Å²) in [7, 11) is 0. The van der Waals surface area contributed by atoms with Gasteiger partial charge in [-0.05, 0) is 30.7 Å². The van der Waals surface area contributed by atoms with Gasteiger partial charge in [0.05, 0.1) is 0 Å². The highest BCUT2D eigenvalue weighted by Gasteiger charge is 1.90. The minimum atomic E-state index is 0.812. The largest absolute Gasteiger partial charge is 0.0816 e. The lowest BCUT2D eigenvalue weighted by Gasteiger charge is -1.99. The smallest absolute Gasteiger partial charge is 0.0186 e. The van der Waals surface area contributed by atoms with Crippen LogP contribution in [0.1, 0.15) is 33.6 Å². The van der Waals surface area contributed by atoms with Crippen molar-refractivity contribution in [3.8, 4) is 0 Å². The van der Waals surface area contributed by atoms with E-state index >= 15 is 0 Å². The number of hydrogen-bond acceptors (Lipinski definition) is 0. The second-order valence-electron chi connectivity index (χ2n) is 3.21. The van der Waals surface area contributed by atoms with Crippen LogP contribution in [-0.4, -0.2) is 0 Å². The molecule has 0 aromatic rings. The molecule has 0 nitrogen and oxygen atoms in total. The van der Waals surface area contributed by atoms with Gasteiger partial charge >= 0.3 is 0 Å². The molecular weight excluding hydrogens is 200 g/mol. The average molecular weight is 217 g/mol. The monoisotopic (exact) mass is 216 g/mol. The zero-order valence-corrected chi connectivity index (χ0v) is 9.19. The first-order valence-electron chi connectivity index (χ1n) is 4.10. The first kappa shape index (κ1) is 11.0. The van der Waals surface area contributed by atoms with Crippen LogP contribution in [0.25, 0.3) is 0 Å². The summed E-state index contributed by atoms with van der Waals surface area (Å²) in [6, 6.07) is 0. The van der Waals surface area contributed by atoms with E-state index in [1.807, 2.05) is 4.99 Å². The highest BCUT2D eigenvalue weighted by atomic mass is 79.9. The van der Waals surface area contributed by atoms with E-state index < -0.39 is 0 Å². The molecule has 1 heteroatoms. The van der Waals surface area contributed by atoms with Crippen molar-refractivity contribution in [2.75, 3.05) is 0 Å². The van der Waals surface area contributed by atoms with Crippen molar-refractivity contribution < 1.29 is 0 Å². The molecule has 11 heavy (non-hydrogen) atoms. The maximum absolute atomic E-state index is 3.25. The lowest BCUT2D eigenvalue weighted by molar-refractivity contribution is 0.593. The van der Waals surface area contributed by atoms with E-state index in [9.17, 15) is 0 Å². The Morgan fingerprint density at radius 2 is 2.09 bits per heavy atom. The second kappa shape index (κ2) is 6.66. The Morgan fingerprint density at radius 1 is 1.45 bits per heavy atom. The lowest BCUT2D eigenvalue weighted by Crippen LogP contribution is -1.84. The predicted molar refractivity (Wildman–Crippen MR) is 55.9 cm³/mol. The molecule has 0 atom stereocenters. The maximum Gasteiger partial charge on any atom is -0.0186 e. The molecule has 0 aliphatic heterocycles. The molecule has 0 saturated carbocycles. The van der Waals surface area contributed by atoms with Crippen LogP contribution in [0.4, 0.5) is 0 Å². The normalized spacial score (nSPS) is 13.4. The molecule has 0 aromatic carbocycles. The van der Waals surface area contributed by atoms with Crippen LogP contribution in [0.5, 0.6) is 0 Å². The summed E-state index contributed by atoms with van der Waals surface area (Å²) in [4.78, 5) is 1.90. The fourth-order valence-electron chi connectivity index (χ4n) is 0.812. The number of hydrogen-bond donors (Lipinski definition) is 0. The summed E-state index contributed by atoms with van der Waals surface area (Å²) in [5.41, 5.74) is 1.34. The van der Waals surface area contributed by atoms with Crippen molar-refractivity contribution in [1.82, 2.24) is 0 Å². The van der Waals surface area contributed by atoms with Gasteiger partial charge in [0, 0.05) is 0 Å². The van der Waals surface area contributed by atoms with Crippen LogP contribution < -0.4 is 0 Å². The topological polar surface area (TPSA) is 0 Å². The van der Waals surface area contributed by atoms with Crippen LogP contribution in [0.2, 0.25) is 0 Å². The van der Waals surface area contributed by atoms with Crippen molar-refractivity contribution in [3.63, 3.8) is 0 Å². The van der Waals surface area contributed by atoms with E-state index in [1.165, 1.54) is 18.4 Å². The van der Waals surface area contributed by atoms with Crippen LogP contribution in [0.3, 0.4) is 0 Å². The van der Waals surface area contributed by atoms with E-state index in [0.717, 1.165) is 5.92 Å². The summed E-state index contributed by atoms with van der Waals surface area (Å²) >= 11 is 3.25. The number of halogens is 1. The van der Waals surface area contributed by atoms with Crippen LogP contribution in [0, 0.1) is 5.92 Å². The molecule has 0 N–H and O–H groups in total. The van der Waals surface area contributed by atoms with Gasteiger partial charge in [0.2, 0.25) is 0 Å². The van der Waals surface area contributed by atoms with Gasteiger partial charge in [-0.2, -0.15) is 0 Å². The van der Waals surface area contributed by atoms with E-state index in [-0.39, 0.29) is 0 Å². The zero-order chi connectivity index (χ0) is 8.69. The van der Waals surface area contributed by atoms with Crippen LogP contribution in [0.15, 0.2) is 22.7 Å². The molecular formula is C10H17Br. The minimum absolute atomic E-state index is 0.812. The maximum atomic E-state index is 3.25. The van der Waals surface area contributed by atoms with Crippen molar-refractivity contribution >= 4 is 15.9 Å². The highest BCUT2D eigenvalue weighted by Crippen LogP contribution is 2.07. The molecule has 0 amide bonds. The van der Waals surface area contributed by atoms with Gasteiger partial charge < -0.3 is 0 Å². The van der Waals surface area contributed by atoms with Gasteiger partial charge in [-0.15, -0.1) is 0 Å². The van der Waals surface area contributed by atoms with Crippen LogP contribution >= 0.6 is 15.9 Å². The number of rotatable bonds is 4. The molecule has 0 aliphatic carbocycles. The van der Waals surface area contributed by atoms with E-state index in [4.69, 9.17) is 0 Å². The van der Waals surface area contributed by atoms with Gasteiger partial charge in [0.1, 0.15) is 0 Å². The summed E-state index contributed by atoms with van der Waals surface area (Å²) < 4.78 is 0. The Hall–Kier alpha value is -0.0400. The highest BCUT2D eigenvalue weighted by molar-refractivity contribution is 9.11. The van der Waals surface area contributed by atoms with Crippen LogP contribution in [-0.2, 0) is 0 Å². The quantitative estimate of drug-likeness (QED) is 0.616. The lowest BCUT2D eigenvalue weighted by atomic mass is 10.1. The molecule has 0 spiro atoms. The summed E-state index contributed by atoms with van der Waals surface area (Å²) in [5.74, 6) is 0.812. The van der Waals surface area contributed by atoms with E-state index in [1.54, 1.807) is 0 Å². The molecule has 0 saturated heterocycles. The molecule has 64 valence electrons. The second-order valence-corrected chi connectivity index (χ2v) is 3.74. The standard InChI is InChI=1S/C10H17Br/c1-9(2)5-4-6-10(3)7-8-11/h6-9H,4-5H2,1-3H3.